The van der Waals surface area contributed by atoms with Crippen LogP contribution in [0.15, 0.2) is 54.6 Å². The summed E-state index contributed by atoms with van der Waals surface area (Å²) in [5.74, 6) is 2.41. The van der Waals surface area contributed by atoms with E-state index in [4.69, 9.17) is 15.0 Å². The molecule has 6 heteroatoms. The van der Waals surface area contributed by atoms with Gasteiger partial charge in [-0.1, -0.05) is 30.3 Å². The van der Waals surface area contributed by atoms with Crippen LogP contribution >= 0.6 is 0 Å². The minimum absolute atomic E-state index is 0.367. The molecular weight excluding hydrogens is 344 g/mol. The molecule has 26 heavy (non-hydrogen) atoms. The second-order valence-electron chi connectivity index (χ2n) is 7.69. The molecule has 1 fully saturated rings. The Morgan fingerprint density at radius 3 is 2.46 bits per heavy atom. The van der Waals surface area contributed by atoms with Crippen LogP contribution in [0.25, 0.3) is 0 Å². The highest BCUT2D eigenvalue weighted by molar-refractivity contribution is 6.69. The predicted octanol–water partition coefficient (Wildman–Crippen LogP) is 4.73. The molecular formula is C20H26N2O3Si. The van der Waals surface area contributed by atoms with Crippen LogP contribution in [0.4, 0.5) is 4.79 Å². The quantitative estimate of drug-likeness (QED) is 0.566. The number of nitrogens with two attached hydrogens (primary N) is 1. The maximum absolute atomic E-state index is 11.7. The second-order valence-corrected chi connectivity index (χ2v) is 12.1. The van der Waals surface area contributed by atoms with Gasteiger partial charge in [-0.2, -0.15) is 0 Å². The first-order valence-electron chi connectivity index (χ1n) is 8.91. The summed E-state index contributed by atoms with van der Waals surface area (Å²) in [6.45, 7) is 6.65. The molecule has 0 spiro atoms. The van der Waals surface area contributed by atoms with E-state index in [0.717, 1.165) is 17.9 Å². The molecule has 0 heterocycles. The van der Waals surface area contributed by atoms with Gasteiger partial charge in [0, 0.05) is 0 Å². The molecule has 1 saturated carbocycles. The minimum atomic E-state index is -1.87. The zero-order valence-corrected chi connectivity index (χ0v) is 16.5. The largest absolute Gasteiger partial charge is 0.457 e. The van der Waals surface area contributed by atoms with Crippen molar-refractivity contribution in [2.24, 2.45) is 11.7 Å². The lowest BCUT2D eigenvalue weighted by atomic mass is 10.1. The fourth-order valence-electron chi connectivity index (χ4n) is 3.01. The van der Waals surface area contributed by atoms with Crippen molar-refractivity contribution in [1.29, 1.82) is 0 Å². The third-order valence-electron chi connectivity index (χ3n) is 4.22. The summed E-state index contributed by atoms with van der Waals surface area (Å²) < 4.78 is 11.7. The van der Waals surface area contributed by atoms with E-state index < -0.39 is 14.3 Å². The molecule has 0 unspecified atom stereocenters. The number of carbonyl (C=O) groups is 1. The van der Waals surface area contributed by atoms with Crippen molar-refractivity contribution in [1.82, 2.24) is 5.06 Å². The van der Waals surface area contributed by atoms with E-state index in [1.807, 2.05) is 62.1 Å². The molecule has 0 saturated heterocycles. The van der Waals surface area contributed by atoms with Crippen LogP contribution in [0.3, 0.4) is 0 Å². The van der Waals surface area contributed by atoms with Crippen molar-refractivity contribution in [2.75, 3.05) is 6.54 Å². The zero-order valence-electron chi connectivity index (χ0n) is 15.5. The molecule has 0 aromatic heterocycles. The molecule has 0 bridgehead atoms. The van der Waals surface area contributed by atoms with E-state index in [9.17, 15) is 4.79 Å². The molecule has 1 aliphatic carbocycles. The number of para-hydroxylation sites is 1. The number of benzene rings is 2. The third kappa shape index (κ3) is 5.09. The smallest absolute Gasteiger partial charge is 0.337 e. The Hall–Kier alpha value is -2.31. The lowest BCUT2D eigenvalue weighted by Crippen LogP contribution is -2.44. The summed E-state index contributed by atoms with van der Waals surface area (Å²) in [5.41, 5.74) is 6.70. The highest BCUT2D eigenvalue weighted by Crippen LogP contribution is 2.48. The topological polar surface area (TPSA) is 64.8 Å². The van der Waals surface area contributed by atoms with Crippen molar-refractivity contribution < 1.29 is 14.1 Å². The number of primary amides is 1. The van der Waals surface area contributed by atoms with Gasteiger partial charge in [0.1, 0.15) is 11.5 Å². The Bertz CT molecular complexity index is 761. The highest BCUT2D eigenvalue weighted by atomic mass is 28.4. The number of hydrogen-bond donors (Lipinski definition) is 1. The van der Waals surface area contributed by atoms with E-state index in [1.54, 1.807) is 0 Å². The average molecular weight is 371 g/mol. The number of rotatable bonds is 7. The lowest BCUT2D eigenvalue weighted by Gasteiger charge is -2.27. The van der Waals surface area contributed by atoms with E-state index >= 15 is 0 Å². The normalized spacial score (nSPS) is 19.0. The van der Waals surface area contributed by atoms with Crippen LogP contribution in [0.5, 0.6) is 11.5 Å². The zero-order chi connectivity index (χ0) is 18.7. The Morgan fingerprint density at radius 1 is 1.12 bits per heavy atom. The number of hydrogen-bond acceptors (Lipinski definition) is 3. The van der Waals surface area contributed by atoms with E-state index in [1.165, 1.54) is 10.6 Å². The van der Waals surface area contributed by atoms with Gasteiger partial charge >= 0.3 is 6.03 Å². The summed E-state index contributed by atoms with van der Waals surface area (Å²) in [7, 11) is -1.87. The van der Waals surface area contributed by atoms with Gasteiger partial charge in [0.25, 0.3) is 0 Å². The summed E-state index contributed by atoms with van der Waals surface area (Å²) in [5, 5.41) is 1.35. The third-order valence-corrected chi connectivity index (χ3v) is 4.99. The Morgan fingerprint density at radius 2 is 1.81 bits per heavy atom. The molecule has 0 aliphatic heterocycles. The number of amides is 2. The first-order valence-corrected chi connectivity index (χ1v) is 12.3. The fraction of sp³-hybridized carbons (Fsp3) is 0.350. The van der Waals surface area contributed by atoms with Crippen molar-refractivity contribution in [3.8, 4) is 11.5 Å². The molecule has 5 nitrogen and oxygen atoms in total. The standard InChI is InChI=1S/C20H26N2O3Si/c1-26(2,3)25-22(20(21)23)14-16-13-19(16)15-8-7-11-18(12-15)24-17-9-5-4-6-10-17/h4-12,16,19H,13-14H2,1-3H3,(H2,21,23)/t16-,19-/m0/s1. The molecule has 2 atom stereocenters. The Balaban J connectivity index is 1.62. The van der Waals surface area contributed by atoms with Gasteiger partial charge in [-0.25, -0.2) is 9.86 Å². The van der Waals surface area contributed by atoms with Crippen LogP contribution < -0.4 is 10.5 Å². The second kappa shape index (κ2) is 7.51. The summed E-state index contributed by atoms with van der Waals surface area (Å²) in [6, 6.07) is 17.4. The SMILES string of the molecule is C[Si](C)(C)ON(C[C@@H]1C[C@H]1c1cccc(Oc2ccccc2)c1)C(N)=O. The lowest BCUT2D eigenvalue weighted by molar-refractivity contribution is -0.0219. The Labute approximate surface area is 155 Å². The number of urea groups is 1. The average Bonchev–Trinajstić information content (AvgIpc) is 3.33. The van der Waals surface area contributed by atoms with Gasteiger partial charge in [0.05, 0.1) is 6.54 Å². The van der Waals surface area contributed by atoms with Gasteiger partial charge in [-0.15, -0.1) is 0 Å². The van der Waals surface area contributed by atoms with E-state index in [-0.39, 0.29) is 0 Å². The van der Waals surface area contributed by atoms with Gasteiger partial charge in [0.15, 0.2) is 0 Å². The van der Waals surface area contributed by atoms with Gasteiger partial charge in [0.2, 0.25) is 8.32 Å². The maximum Gasteiger partial charge on any atom is 0.337 e. The van der Waals surface area contributed by atoms with Crippen LogP contribution in [0.1, 0.15) is 17.9 Å². The molecule has 2 amide bonds. The molecule has 2 aromatic rings. The van der Waals surface area contributed by atoms with Crippen LogP contribution in [0.2, 0.25) is 19.6 Å². The molecule has 0 radical (unpaired) electrons. The van der Waals surface area contributed by atoms with Gasteiger partial charge < -0.3 is 15.0 Å². The van der Waals surface area contributed by atoms with Gasteiger partial charge in [-0.05, 0) is 67.7 Å². The predicted molar refractivity (Wildman–Crippen MR) is 105 cm³/mol. The summed E-state index contributed by atoms with van der Waals surface area (Å²) in [4.78, 5) is 11.7. The van der Waals surface area contributed by atoms with Crippen molar-refractivity contribution in [2.45, 2.75) is 32.0 Å². The van der Waals surface area contributed by atoms with Crippen LogP contribution in [-0.4, -0.2) is 26.0 Å². The Kier molecular flexibility index (Phi) is 5.34. The first-order chi connectivity index (χ1) is 12.3. The molecule has 2 aromatic carbocycles. The summed E-state index contributed by atoms with van der Waals surface area (Å²) in [6.07, 6.45) is 1.02. The molecule has 1 aliphatic rings. The van der Waals surface area contributed by atoms with Crippen molar-refractivity contribution in [3.05, 3.63) is 60.2 Å². The van der Waals surface area contributed by atoms with E-state index in [0.29, 0.717) is 18.4 Å². The molecule has 138 valence electrons. The minimum Gasteiger partial charge on any atom is -0.457 e. The number of nitrogens with zero attached hydrogens (tertiary/aromatic N) is 1. The monoisotopic (exact) mass is 370 g/mol. The van der Waals surface area contributed by atoms with Crippen molar-refractivity contribution in [3.63, 3.8) is 0 Å². The number of ether oxygens (including phenoxy) is 1. The molecule has 2 N–H and O–H groups in total. The van der Waals surface area contributed by atoms with E-state index in [2.05, 4.69) is 12.1 Å². The fourth-order valence-corrected chi connectivity index (χ4v) is 3.83. The molecule has 3 rings (SSSR count). The van der Waals surface area contributed by atoms with Gasteiger partial charge in [-0.3, -0.25) is 0 Å². The summed E-state index contributed by atoms with van der Waals surface area (Å²) >= 11 is 0. The van der Waals surface area contributed by atoms with Crippen LogP contribution in [0, 0.1) is 5.92 Å². The maximum atomic E-state index is 11.7. The number of carbonyl (C=O) groups excluding carboxylic acids is 1. The first kappa shape index (κ1) is 18.5. The number of hydroxylamine groups is 2. The van der Waals surface area contributed by atoms with Crippen LogP contribution in [-0.2, 0) is 4.53 Å². The van der Waals surface area contributed by atoms with Crippen molar-refractivity contribution >= 4 is 14.3 Å². The highest BCUT2D eigenvalue weighted by Gasteiger charge is 2.41.